The molecule has 6 aromatic rings. The number of aryl methyl sites for hydroxylation is 4. The van der Waals surface area contributed by atoms with Crippen LogP contribution in [-0.2, 0) is 60.2 Å². The zero-order valence-electron chi connectivity index (χ0n) is 47.2. The predicted octanol–water partition coefficient (Wildman–Crippen LogP) is 11.3. The Morgan fingerprint density at radius 2 is 0.837 bits per heavy atom. The standard InChI is InChI=1S/C24H21F9N2O4.C21H24N2O.C3H6O.3CF3.3O3S.Yb/c1-14-8-17(35-39-14)11-21(13-34-12-20(36)22(25,26)27,15-4-2-6-18(9-15)37-23(28,29)30)16-5-3-7-19(10-16)38-24(31,32)33;1-15-6-4-8-18(10-15)21(14-22,13-20-12-17(3)24-23-20)19-9-5-7-16(2)11-19;1-3-2-4-3;3*2-1(3)4;3*1-4(2)3;/h2-10,20,34,36H,11-13H2,1H3;4-12H,13-14,22H2,1-3H3;3H,2H2,1H3;;;;;;;/q;;;3*-1;;;;+3/t20-;;;;;;;;;/m0........./s1. The molecule has 0 saturated carbocycles. The van der Waals surface area contributed by atoms with Crippen molar-refractivity contribution >= 4 is 31.8 Å². The number of aromatic nitrogens is 2. The smallest absolute Gasteiger partial charge is 0.406 e. The van der Waals surface area contributed by atoms with E-state index in [9.17, 15) is 84.1 Å². The van der Waals surface area contributed by atoms with Crippen molar-refractivity contribution in [1.29, 1.82) is 0 Å². The molecule has 0 spiro atoms. The molecule has 4 N–H and O–H groups in total. The van der Waals surface area contributed by atoms with E-state index in [1.165, 1.54) is 59.5 Å². The molecule has 523 valence electrons. The number of hydrogen-bond donors (Lipinski definition) is 3. The van der Waals surface area contributed by atoms with Gasteiger partial charge in [-0.05, 0) is 81.1 Å². The first-order valence-electron chi connectivity index (χ1n) is 24.1. The molecule has 92 heavy (non-hydrogen) atoms. The van der Waals surface area contributed by atoms with Crippen LogP contribution in [0.5, 0.6) is 11.5 Å². The van der Waals surface area contributed by atoms with E-state index < -0.39 is 107 Å². The van der Waals surface area contributed by atoms with Crippen LogP contribution in [0.25, 0.3) is 0 Å². The molecular formula is C51H51F18N4O15S3Yb. The second-order valence-electron chi connectivity index (χ2n) is 17.6. The van der Waals surface area contributed by atoms with Gasteiger partial charge in [-0.3, -0.25) is 0 Å². The van der Waals surface area contributed by atoms with Gasteiger partial charge in [-0.25, -0.2) is 0 Å². The van der Waals surface area contributed by atoms with E-state index in [0.29, 0.717) is 24.8 Å². The van der Waals surface area contributed by atoms with E-state index in [2.05, 4.69) is 94.4 Å². The predicted molar refractivity (Wildman–Crippen MR) is 278 cm³/mol. The van der Waals surface area contributed by atoms with Crippen molar-refractivity contribution in [3.8, 4) is 11.5 Å². The summed E-state index contributed by atoms with van der Waals surface area (Å²) in [7, 11) is -9.33. The number of aliphatic hydroxyl groups excluding tert-OH is 1. The van der Waals surface area contributed by atoms with E-state index in [1.54, 1.807) is 0 Å². The molecule has 4 aromatic carbocycles. The van der Waals surface area contributed by atoms with Crippen molar-refractivity contribution in [3.63, 3.8) is 0 Å². The minimum absolute atomic E-state index is 0. The topological polar surface area (TPSA) is 295 Å². The molecule has 1 saturated heterocycles. The summed E-state index contributed by atoms with van der Waals surface area (Å²) in [6.07, 6.45) is -16.9. The molecule has 19 nitrogen and oxygen atoms in total. The van der Waals surface area contributed by atoms with Crippen LogP contribution in [0.2, 0.25) is 0 Å². The van der Waals surface area contributed by atoms with Crippen LogP contribution in [0.1, 0.15) is 63.2 Å². The summed E-state index contributed by atoms with van der Waals surface area (Å²) >= 11 is 0. The average molecular weight is 1570 g/mol. The number of aliphatic hydroxyl groups is 1. The van der Waals surface area contributed by atoms with Crippen LogP contribution >= 0.6 is 0 Å². The number of alkyl halides is 9. The van der Waals surface area contributed by atoms with E-state index in [0.717, 1.165) is 42.3 Å². The maximum absolute atomic E-state index is 12.9. The number of benzene rings is 4. The largest absolute Gasteiger partial charge is 3.00 e. The Labute approximate surface area is 554 Å². The molecule has 1 aliphatic heterocycles. The van der Waals surface area contributed by atoms with Crippen molar-refractivity contribution in [1.82, 2.24) is 15.6 Å². The van der Waals surface area contributed by atoms with Gasteiger partial charge in [0, 0.05) is 55.4 Å². The molecular weight excluding hydrogens is 1520 g/mol. The molecule has 0 amide bonds. The fourth-order valence-corrected chi connectivity index (χ4v) is 7.44. The maximum atomic E-state index is 12.9. The van der Waals surface area contributed by atoms with Gasteiger partial charge >= 0.3 is 97.7 Å². The number of ether oxygens (including phenoxy) is 3. The Morgan fingerprint density at radius 1 is 0.554 bits per heavy atom. The molecule has 0 bridgehead atoms. The number of halogens is 18. The van der Waals surface area contributed by atoms with Gasteiger partial charge in [0.05, 0.1) is 24.1 Å². The summed E-state index contributed by atoms with van der Waals surface area (Å²) in [4.78, 5) is 0. The van der Waals surface area contributed by atoms with Crippen molar-refractivity contribution in [2.45, 2.75) is 89.4 Å². The minimum atomic E-state index is -5.08. The van der Waals surface area contributed by atoms with Gasteiger partial charge in [-0.1, -0.05) is 94.2 Å². The van der Waals surface area contributed by atoms with Crippen LogP contribution < -0.4 is 20.5 Å². The van der Waals surface area contributed by atoms with Gasteiger partial charge in [0.1, 0.15) is 23.0 Å². The molecule has 7 rings (SSSR count). The molecule has 41 heteroatoms. The number of nitrogens with two attached hydrogens (primary N) is 1. The molecule has 1 fully saturated rings. The first-order valence-corrected chi connectivity index (χ1v) is 27.1. The minimum Gasteiger partial charge on any atom is -0.406 e. The van der Waals surface area contributed by atoms with Crippen LogP contribution in [-0.4, -0.2) is 111 Å². The van der Waals surface area contributed by atoms with E-state index >= 15 is 0 Å². The summed E-state index contributed by atoms with van der Waals surface area (Å²) in [6, 6.07) is 29.5. The summed E-state index contributed by atoms with van der Waals surface area (Å²) in [5, 5.41) is 19.9. The van der Waals surface area contributed by atoms with Crippen molar-refractivity contribution in [2.24, 2.45) is 5.73 Å². The van der Waals surface area contributed by atoms with Crippen LogP contribution in [0.4, 0.5) is 79.0 Å². The molecule has 3 heterocycles. The quantitative estimate of drug-likeness (QED) is 0.0489. The van der Waals surface area contributed by atoms with Crippen molar-refractivity contribution in [2.75, 3.05) is 26.2 Å². The summed E-state index contributed by atoms with van der Waals surface area (Å²) in [5.74, 6) is -0.218. The third-order valence-electron chi connectivity index (χ3n) is 10.7. The zero-order chi connectivity index (χ0) is 70.7. The maximum Gasteiger partial charge on any atom is 3.00 e. The Hall–Kier alpha value is -6.14. The average Bonchev–Trinajstić information content (AvgIpc) is 0.982. The first-order chi connectivity index (χ1) is 41.8. The second-order valence-corrected chi connectivity index (χ2v) is 18.8. The fourth-order valence-electron chi connectivity index (χ4n) is 7.44. The number of epoxide rings is 1. The van der Waals surface area contributed by atoms with Gasteiger partial charge in [-0.2, -0.15) is 13.2 Å². The third kappa shape index (κ3) is 43.6. The monoisotopic (exact) mass is 1570 g/mol. The van der Waals surface area contributed by atoms with Gasteiger partial charge in [0.15, 0.2) is 26.1 Å². The van der Waals surface area contributed by atoms with Crippen LogP contribution in [0.3, 0.4) is 0 Å². The van der Waals surface area contributed by atoms with Gasteiger partial charge in [-0.15, -0.1) is 64.2 Å². The molecule has 1 unspecified atom stereocenters. The number of nitrogens with zero attached hydrogens (tertiary/aromatic N) is 2. The summed E-state index contributed by atoms with van der Waals surface area (Å²) < 4.78 is 302. The van der Waals surface area contributed by atoms with Crippen molar-refractivity contribution < 1.29 is 192 Å². The number of rotatable bonds is 15. The first kappa shape index (κ1) is 90.1. The van der Waals surface area contributed by atoms with Crippen LogP contribution in [0.15, 0.2) is 118 Å². The second kappa shape index (κ2) is 44.5. The van der Waals surface area contributed by atoms with Gasteiger partial charge in [0.25, 0.3) is 0 Å². The van der Waals surface area contributed by atoms with E-state index in [4.69, 9.17) is 57.4 Å². The third-order valence-corrected chi connectivity index (χ3v) is 10.7. The Bertz CT molecular complexity index is 3210. The zero-order valence-corrected chi connectivity index (χ0v) is 51.4. The number of hydrogen-bond acceptors (Lipinski definition) is 19. The molecule has 1 radical (unpaired) electrons. The van der Waals surface area contributed by atoms with Gasteiger partial charge in [0.2, 0.25) is 0 Å². The number of nitrogens with one attached hydrogen (secondary N) is 1. The van der Waals surface area contributed by atoms with Crippen LogP contribution in [0, 0.1) is 94.7 Å². The summed E-state index contributed by atoms with van der Waals surface area (Å²) in [6.45, 7) is 0.442. The molecule has 2 atom stereocenters. The van der Waals surface area contributed by atoms with E-state index in [1.807, 2.05) is 13.0 Å². The van der Waals surface area contributed by atoms with Gasteiger partial charge < -0.3 is 78.9 Å². The molecule has 1 aliphatic rings. The van der Waals surface area contributed by atoms with E-state index in [-0.39, 0.29) is 75.6 Å². The Balaban J connectivity index is -0.00000125. The fraction of sp³-hybridized carbons (Fsp3) is 0.353. The molecule has 2 aromatic heterocycles. The van der Waals surface area contributed by atoms with Crippen molar-refractivity contribution in [3.05, 3.63) is 186 Å². The SMILES string of the molecule is CC1CO1.Cc1cc(CC(CNC[C@H](O)C(F)(F)F)(c2cccc(OC(F)(F)F)c2)c2cccc(OC(F)(F)F)c2)no1.Cc1cccc(C(CN)(Cc2cc(C)on2)c2cccc(C)c2)c1.F[C-](F)F.F[C-](F)F.F[C-](F)F.O=S(=O)=O.O=S(=O)=O.O=S(=O)=O.[Yb+3]. The molecule has 0 aliphatic carbocycles. The normalized spacial score (nSPS) is 12.6. The Morgan fingerprint density at radius 3 is 1.08 bits per heavy atom. The Kier molecular flexibility index (Phi) is 43.5. The summed E-state index contributed by atoms with van der Waals surface area (Å²) in [5.41, 5.74) is 10.4.